The van der Waals surface area contributed by atoms with Gasteiger partial charge in [-0.3, -0.25) is 4.79 Å². The van der Waals surface area contributed by atoms with E-state index in [0.717, 1.165) is 26.1 Å². The molecular weight excluding hydrogens is 416 g/mol. The van der Waals surface area contributed by atoms with E-state index in [2.05, 4.69) is 49.5 Å². The minimum atomic E-state index is 0.0210. The Hall–Kier alpha value is -2.57. The molecule has 1 aliphatic heterocycles. The summed E-state index contributed by atoms with van der Waals surface area (Å²) in [7, 11) is 1.60. The zero-order valence-corrected chi connectivity index (χ0v) is 20.4. The van der Waals surface area contributed by atoms with Gasteiger partial charge in [0, 0.05) is 24.8 Å². The number of nitrogens with one attached hydrogen (secondary N) is 1. The van der Waals surface area contributed by atoms with Crippen LogP contribution in [0.5, 0.6) is 11.5 Å². The third kappa shape index (κ3) is 6.95. The van der Waals surface area contributed by atoms with Gasteiger partial charge in [0.25, 0.3) is 5.91 Å². The van der Waals surface area contributed by atoms with E-state index in [4.69, 9.17) is 14.2 Å². The smallest absolute Gasteiger partial charge is 0.254 e. The Balaban J connectivity index is 1.71. The molecule has 33 heavy (non-hydrogen) atoms. The van der Waals surface area contributed by atoms with Crippen molar-refractivity contribution >= 4 is 5.91 Å². The van der Waals surface area contributed by atoms with Crippen LogP contribution in [0.15, 0.2) is 48.5 Å². The Labute approximate surface area is 198 Å². The number of carbonyl (C=O) groups is 1. The van der Waals surface area contributed by atoms with Crippen molar-refractivity contribution < 1.29 is 19.0 Å². The molecule has 1 N–H and O–H groups in total. The molecule has 3 rings (SSSR count). The van der Waals surface area contributed by atoms with E-state index < -0.39 is 0 Å². The molecule has 1 fully saturated rings. The second-order valence-corrected chi connectivity index (χ2v) is 8.83. The normalized spacial score (nSPS) is 17.8. The number of hydrogen-bond acceptors (Lipinski definition) is 5. The molecule has 1 saturated heterocycles. The summed E-state index contributed by atoms with van der Waals surface area (Å²) in [5.74, 6) is 2.12. The maximum atomic E-state index is 13.6. The summed E-state index contributed by atoms with van der Waals surface area (Å²) in [6.07, 6.45) is 1.03. The molecule has 0 spiro atoms. The van der Waals surface area contributed by atoms with Crippen molar-refractivity contribution in [1.82, 2.24) is 10.2 Å². The molecule has 6 nitrogen and oxygen atoms in total. The summed E-state index contributed by atoms with van der Waals surface area (Å²) in [6.45, 7) is 10.3. The van der Waals surface area contributed by atoms with Gasteiger partial charge >= 0.3 is 0 Å². The lowest BCUT2D eigenvalue weighted by Crippen LogP contribution is -2.42. The van der Waals surface area contributed by atoms with E-state index >= 15 is 0 Å². The molecule has 180 valence electrons. The molecule has 1 amide bonds. The van der Waals surface area contributed by atoms with Crippen molar-refractivity contribution in [3.8, 4) is 11.5 Å². The number of rotatable bonds is 12. The average Bonchev–Trinajstić information content (AvgIpc) is 3.26. The maximum Gasteiger partial charge on any atom is 0.254 e. The van der Waals surface area contributed by atoms with E-state index in [1.807, 2.05) is 17.9 Å². The van der Waals surface area contributed by atoms with Crippen LogP contribution in [0.3, 0.4) is 0 Å². The largest absolute Gasteiger partial charge is 0.493 e. The fraction of sp³-hybridized carbons (Fsp3) is 0.519. The van der Waals surface area contributed by atoms with Gasteiger partial charge in [-0.25, -0.2) is 0 Å². The van der Waals surface area contributed by atoms with Crippen molar-refractivity contribution in [3.63, 3.8) is 0 Å². The highest BCUT2D eigenvalue weighted by Gasteiger charge is 2.31. The first-order chi connectivity index (χ1) is 16.0. The molecule has 0 aromatic heterocycles. The first-order valence-electron chi connectivity index (χ1n) is 12.0. The van der Waals surface area contributed by atoms with Crippen molar-refractivity contribution in [2.45, 2.75) is 33.2 Å². The number of ether oxygens (including phenoxy) is 3. The van der Waals surface area contributed by atoms with Gasteiger partial charge in [0.1, 0.15) is 6.61 Å². The number of amides is 1. The minimum absolute atomic E-state index is 0.0210. The van der Waals surface area contributed by atoms with Crippen molar-refractivity contribution in [1.29, 1.82) is 0 Å². The van der Waals surface area contributed by atoms with Gasteiger partial charge in [0.05, 0.1) is 13.7 Å². The van der Waals surface area contributed by atoms with Crippen molar-refractivity contribution in [3.05, 3.63) is 59.7 Å². The van der Waals surface area contributed by atoms with Gasteiger partial charge in [-0.2, -0.15) is 0 Å². The van der Waals surface area contributed by atoms with Crippen LogP contribution >= 0.6 is 0 Å². The molecule has 6 heteroatoms. The van der Waals surface area contributed by atoms with E-state index in [0.29, 0.717) is 48.7 Å². The second-order valence-electron chi connectivity index (χ2n) is 8.83. The summed E-state index contributed by atoms with van der Waals surface area (Å²) in [4.78, 5) is 15.5. The van der Waals surface area contributed by atoms with Gasteiger partial charge in [-0.05, 0) is 75.9 Å². The molecular formula is C27H38N2O4. The van der Waals surface area contributed by atoms with E-state index in [-0.39, 0.29) is 11.9 Å². The van der Waals surface area contributed by atoms with Gasteiger partial charge in [0.15, 0.2) is 11.5 Å². The molecule has 0 radical (unpaired) electrons. The maximum absolute atomic E-state index is 13.6. The number of hydrogen-bond donors (Lipinski definition) is 1. The molecule has 0 aliphatic carbocycles. The minimum Gasteiger partial charge on any atom is -0.493 e. The molecule has 2 aromatic rings. The van der Waals surface area contributed by atoms with E-state index in [9.17, 15) is 4.79 Å². The van der Waals surface area contributed by atoms with Gasteiger partial charge in [-0.15, -0.1) is 0 Å². The topological polar surface area (TPSA) is 60.0 Å². The fourth-order valence-electron chi connectivity index (χ4n) is 4.38. The predicted octanol–water partition coefficient (Wildman–Crippen LogP) is 4.04. The first kappa shape index (κ1) is 25.1. The Morgan fingerprint density at radius 2 is 1.82 bits per heavy atom. The summed E-state index contributed by atoms with van der Waals surface area (Å²) in [6, 6.07) is 16.1. The number of nitrogens with zero attached hydrogens (tertiary/aromatic N) is 1. The SMILES string of the molecule is CCOCCOc1cc(C(=O)N(C[C@H]2CNC[C@@H]2Cc2ccccc2)C(C)C)ccc1OC. The molecule has 1 aliphatic rings. The highest BCUT2D eigenvalue weighted by Crippen LogP contribution is 2.30. The highest BCUT2D eigenvalue weighted by molar-refractivity contribution is 5.95. The van der Waals surface area contributed by atoms with E-state index in [1.54, 1.807) is 19.2 Å². The van der Waals surface area contributed by atoms with Crippen LogP contribution in [0, 0.1) is 11.8 Å². The van der Waals surface area contributed by atoms with Crippen LogP contribution < -0.4 is 14.8 Å². The fourth-order valence-corrected chi connectivity index (χ4v) is 4.38. The van der Waals surface area contributed by atoms with Crippen LogP contribution in [0.4, 0.5) is 0 Å². The van der Waals surface area contributed by atoms with Gasteiger partial charge in [-0.1, -0.05) is 30.3 Å². The standard InChI is InChI=1S/C27H38N2O4/c1-5-32-13-14-33-26-16-22(11-12-25(26)31-4)27(30)29(20(2)3)19-24-18-28-17-23(24)15-21-9-7-6-8-10-21/h6-12,16,20,23-24,28H,5,13-15,17-19H2,1-4H3/t23-,24+/m0/s1. The lowest BCUT2D eigenvalue weighted by molar-refractivity contribution is 0.0661. The zero-order chi connectivity index (χ0) is 23.6. The Morgan fingerprint density at radius 3 is 2.52 bits per heavy atom. The van der Waals surface area contributed by atoms with Crippen molar-refractivity contribution in [2.75, 3.05) is 46.6 Å². The number of carbonyl (C=O) groups excluding carboxylic acids is 1. The lowest BCUT2D eigenvalue weighted by atomic mass is 9.89. The summed E-state index contributed by atoms with van der Waals surface area (Å²) in [5, 5.41) is 3.54. The third-order valence-corrected chi connectivity index (χ3v) is 6.24. The molecule has 2 atom stereocenters. The molecule has 1 heterocycles. The Morgan fingerprint density at radius 1 is 1.06 bits per heavy atom. The van der Waals surface area contributed by atoms with Crippen LogP contribution in [0.1, 0.15) is 36.7 Å². The van der Waals surface area contributed by atoms with Gasteiger partial charge < -0.3 is 24.4 Å². The van der Waals surface area contributed by atoms with Crippen LogP contribution in [0.2, 0.25) is 0 Å². The molecule has 0 bridgehead atoms. The summed E-state index contributed by atoms with van der Waals surface area (Å²) >= 11 is 0. The van der Waals surface area contributed by atoms with Crippen LogP contribution in [-0.2, 0) is 11.2 Å². The predicted molar refractivity (Wildman–Crippen MR) is 131 cm³/mol. The average molecular weight is 455 g/mol. The van der Waals surface area contributed by atoms with Crippen LogP contribution in [0.25, 0.3) is 0 Å². The van der Waals surface area contributed by atoms with E-state index in [1.165, 1.54) is 5.56 Å². The monoisotopic (exact) mass is 454 g/mol. The first-order valence-corrected chi connectivity index (χ1v) is 12.0. The lowest BCUT2D eigenvalue weighted by Gasteiger charge is -2.32. The number of methoxy groups -OCH3 is 1. The molecule has 0 saturated carbocycles. The van der Waals surface area contributed by atoms with Crippen LogP contribution in [-0.4, -0.2) is 63.4 Å². The van der Waals surface area contributed by atoms with Crippen molar-refractivity contribution in [2.24, 2.45) is 11.8 Å². The quantitative estimate of drug-likeness (QED) is 0.491. The molecule has 0 unspecified atom stereocenters. The molecule has 2 aromatic carbocycles. The summed E-state index contributed by atoms with van der Waals surface area (Å²) < 4.78 is 16.6. The summed E-state index contributed by atoms with van der Waals surface area (Å²) in [5.41, 5.74) is 1.96. The van der Waals surface area contributed by atoms with Gasteiger partial charge in [0.2, 0.25) is 0 Å². The Bertz CT molecular complexity index is 872. The Kier molecular flexibility index (Phi) is 9.58. The zero-order valence-electron chi connectivity index (χ0n) is 20.4. The third-order valence-electron chi connectivity index (χ3n) is 6.24. The second kappa shape index (κ2) is 12.6. The number of benzene rings is 2. The highest BCUT2D eigenvalue weighted by atomic mass is 16.5.